The molecule has 8 rings (SSSR count). The van der Waals surface area contributed by atoms with Crippen LogP contribution in [0.25, 0.3) is 0 Å². The van der Waals surface area contributed by atoms with E-state index in [1.165, 1.54) is 96.3 Å². The summed E-state index contributed by atoms with van der Waals surface area (Å²) in [7, 11) is 0. The molecule has 8 aliphatic carbocycles. The van der Waals surface area contributed by atoms with Gasteiger partial charge in [0.05, 0.1) is 0 Å². The van der Waals surface area contributed by atoms with Crippen LogP contribution in [-0.4, -0.2) is 0 Å². The van der Waals surface area contributed by atoms with Crippen LogP contribution in [-0.2, 0) is 0 Å². The van der Waals surface area contributed by atoms with Crippen molar-refractivity contribution in [3.05, 3.63) is 11.6 Å². The molecule has 8 fully saturated rings. The fourth-order valence-electron chi connectivity index (χ4n) is 16.6. The van der Waals surface area contributed by atoms with E-state index in [0.717, 1.165) is 82.9 Å². The summed E-state index contributed by atoms with van der Waals surface area (Å²) in [4.78, 5) is 0. The van der Waals surface area contributed by atoms with Crippen LogP contribution in [0.4, 0.5) is 0 Å². The Balaban J connectivity index is 0.985. The van der Waals surface area contributed by atoms with E-state index in [9.17, 15) is 0 Å². The first kappa shape index (κ1) is 38.6. The van der Waals surface area contributed by atoms with Crippen molar-refractivity contribution in [2.75, 3.05) is 0 Å². The second kappa shape index (κ2) is 19.3. The highest BCUT2D eigenvalue weighted by molar-refractivity contribution is 5.15. The van der Waals surface area contributed by atoms with Gasteiger partial charge in [-0.05, 0) is 186 Å². The topological polar surface area (TPSA) is 0 Å². The Kier molecular flexibility index (Phi) is 14.3. The zero-order valence-electron chi connectivity index (χ0n) is 34.9. The van der Waals surface area contributed by atoms with Gasteiger partial charge >= 0.3 is 0 Å². The Morgan fingerprint density at radius 2 is 0.885 bits per heavy atom. The standard InChI is InChI=1S/C52H88/c1-2-3-4-8-17-38-28-35-48-50(37-38)52(44-29-26-39(27-30-44)36-49(42-20-11-6-12-21-42)43-22-13-7-14-23-43)47-25-16-15-24-46(47)51(48)45-33-31-41(32-34-45)40-18-9-5-10-19-40/h36,38-48,50-52H,2-35,37H2,1H3. The first-order valence-electron chi connectivity index (χ1n) is 25.5. The van der Waals surface area contributed by atoms with E-state index < -0.39 is 0 Å². The van der Waals surface area contributed by atoms with E-state index in [1.54, 1.807) is 128 Å². The Morgan fingerprint density at radius 3 is 1.48 bits per heavy atom. The maximum absolute atomic E-state index is 3.02. The van der Waals surface area contributed by atoms with Gasteiger partial charge in [-0.25, -0.2) is 0 Å². The number of allylic oxidation sites excluding steroid dienone is 2. The number of rotatable bonds is 11. The number of hydrogen-bond donors (Lipinski definition) is 0. The van der Waals surface area contributed by atoms with Crippen molar-refractivity contribution in [2.24, 2.45) is 82.9 Å². The molecule has 0 aromatic heterocycles. The van der Waals surface area contributed by atoms with Crippen LogP contribution < -0.4 is 0 Å². The molecule has 0 bridgehead atoms. The maximum Gasteiger partial charge on any atom is -0.0200 e. The zero-order valence-corrected chi connectivity index (χ0v) is 34.9. The van der Waals surface area contributed by atoms with E-state index in [-0.39, 0.29) is 0 Å². The minimum absolute atomic E-state index is 0.918. The zero-order chi connectivity index (χ0) is 35.1. The van der Waals surface area contributed by atoms with E-state index in [1.807, 2.05) is 5.57 Å². The lowest BCUT2D eigenvalue weighted by molar-refractivity contribution is -0.122. The van der Waals surface area contributed by atoms with E-state index >= 15 is 0 Å². The van der Waals surface area contributed by atoms with Crippen LogP contribution >= 0.6 is 0 Å². The van der Waals surface area contributed by atoms with Gasteiger partial charge in [0, 0.05) is 0 Å². The fourth-order valence-corrected chi connectivity index (χ4v) is 16.6. The molecule has 0 aromatic rings. The summed E-state index contributed by atoms with van der Waals surface area (Å²) in [5.74, 6) is 14.9. The largest absolute Gasteiger partial charge is 0.0817 e. The lowest BCUT2D eigenvalue weighted by Gasteiger charge is -2.61. The normalized spacial score (nSPS) is 41.5. The van der Waals surface area contributed by atoms with E-state index in [2.05, 4.69) is 13.0 Å². The van der Waals surface area contributed by atoms with Crippen molar-refractivity contribution in [3.8, 4) is 0 Å². The smallest absolute Gasteiger partial charge is 0.0200 e. The molecule has 0 aromatic carbocycles. The third kappa shape index (κ3) is 9.13. The van der Waals surface area contributed by atoms with Crippen molar-refractivity contribution < 1.29 is 0 Å². The molecule has 7 unspecified atom stereocenters. The van der Waals surface area contributed by atoms with Gasteiger partial charge in [0.25, 0.3) is 0 Å². The van der Waals surface area contributed by atoms with Gasteiger partial charge in [0.15, 0.2) is 0 Å². The summed E-state index contributed by atoms with van der Waals surface area (Å²) < 4.78 is 0. The minimum Gasteiger partial charge on any atom is -0.0817 e. The summed E-state index contributed by atoms with van der Waals surface area (Å²) in [6.45, 7) is 2.40. The second-order valence-electron chi connectivity index (χ2n) is 21.7. The number of hydrogen-bond acceptors (Lipinski definition) is 0. The average Bonchev–Trinajstić information content (AvgIpc) is 3.22. The van der Waals surface area contributed by atoms with Gasteiger partial charge in [-0.1, -0.05) is 141 Å². The monoisotopic (exact) mass is 713 g/mol. The van der Waals surface area contributed by atoms with Gasteiger partial charge in [-0.15, -0.1) is 0 Å². The van der Waals surface area contributed by atoms with Crippen LogP contribution in [0, 0.1) is 82.9 Å². The summed E-state index contributed by atoms with van der Waals surface area (Å²) in [6, 6.07) is 0. The van der Waals surface area contributed by atoms with Crippen molar-refractivity contribution in [1.82, 2.24) is 0 Å². The van der Waals surface area contributed by atoms with Crippen molar-refractivity contribution in [2.45, 2.75) is 232 Å². The van der Waals surface area contributed by atoms with Crippen LogP contribution in [0.3, 0.4) is 0 Å². The number of fused-ring (bicyclic) bond motifs is 2. The molecule has 0 heteroatoms. The third-order valence-electron chi connectivity index (χ3n) is 19.0. The van der Waals surface area contributed by atoms with E-state index in [4.69, 9.17) is 0 Å². The molecular weight excluding hydrogens is 625 g/mol. The first-order valence-corrected chi connectivity index (χ1v) is 25.5. The van der Waals surface area contributed by atoms with Gasteiger partial charge in [-0.2, -0.15) is 0 Å². The molecule has 0 heterocycles. The van der Waals surface area contributed by atoms with Crippen LogP contribution in [0.1, 0.15) is 232 Å². The molecule has 0 aliphatic heterocycles. The van der Waals surface area contributed by atoms with Crippen molar-refractivity contribution in [3.63, 3.8) is 0 Å². The maximum atomic E-state index is 3.02. The summed E-state index contributed by atoms with van der Waals surface area (Å²) in [5, 5.41) is 0. The van der Waals surface area contributed by atoms with Gasteiger partial charge in [0.2, 0.25) is 0 Å². The van der Waals surface area contributed by atoms with Crippen LogP contribution in [0.15, 0.2) is 11.6 Å². The molecular formula is C52H88. The predicted octanol–water partition coefficient (Wildman–Crippen LogP) is 16.3. The molecule has 296 valence electrons. The SMILES string of the molecule is CCCCCCC1CCC2C(C1)C(C1CCC(C=C(C3CCCCC3)C3CCCCC3)CC1)C1CCCCC1C2C1CCC(C2CCCCC2)CC1. The third-order valence-corrected chi connectivity index (χ3v) is 19.0. The van der Waals surface area contributed by atoms with Gasteiger partial charge in [0.1, 0.15) is 0 Å². The molecule has 0 nitrogen and oxygen atoms in total. The molecule has 52 heavy (non-hydrogen) atoms. The number of unbranched alkanes of at least 4 members (excludes halogenated alkanes) is 3. The first-order chi connectivity index (χ1) is 25.8. The Labute approximate surface area is 325 Å². The Hall–Kier alpha value is -0.260. The minimum atomic E-state index is 0.918. The summed E-state index contributed by atoms with van der Waals surface area (Å²) in [5.41, 5.74) is 2.02. The lowest BCUT2D eigenvalue weighted by atomic mass is 9.44. The van der Waals surface area contributed by atoms with Crippen molar-refractivity contribution >= 4 is 0 Å². The molecule has 0 N–H and O–H groups in total. The average molecular weight is 713 g/mol. The highest BCUT2D eigenvalue weighted by Crippen LogP contribution is 2.63. The van der Waals surface area contributed by atoms with Crippen LogP contribution in [0.5, 0.6) is 0 Å². The summed E-state index contributed by atoms with van der Waals surface area (Å²) in [6.07, 6.45) is 57.5. The van der Waals surface area contributed by atoms with Crippen molar-refractivity contribution in [1.29, 1.82) is 0 Å². The molecule has 0 saturated heterocycles. The summed E-state index contributed by atoms with van der Waals surface area (Å²) >= 11 is 0. The highest BCUT2D eigenvalue weighted by atomic mass is 14.6. The van der Waals surface area contributed by atoms with Crippen LogP contribution in [0.2, 0.25) is 0 Å². The molecule has 0 amide bonds. The Bertz CT molecular complexity index is 1030. The van der Waals surface area contributed by atoms with E-state index in [0.29, 0.717) is 0 Å². The highest BCUT2D eigenvalue weighted by Gasteiger charge is 2.56. The van der Waals surface area contributed by atoms with Gasteiger partial charge < -0.3 is 0 Å². The molecule has 7 atom stereocenters. The quantitative estimate of drug-likeness (QED) is 0.148. The molecule has 0 spiro atoms. The molecule has 8 aliphatic rings. The van der Waals surface area contributed by atoms with Gasteiger partial charge in [-0.3, -0.25) is 0 Å². The lowest BCUT2D eigenvalue weighted by Crippen LogP contribution is -2.54. The Morgan fingerprint density at radius 1 is 0.404 bits per heavy atom. The second-order valence-corrected chi connectivity index (χ2v) is 21.7. The fraction of sp³-hybridized carbons (Fsp3) is 0.962. The predicted molar refractivity (Wildman–Crippen MR) is 224 cm³/mol. The molecule has 8 saturated carbocycles. The molecule has 0 radical (unpaired) electrons.